The Morgan fingerprint density at radius 3 is 2.95 bits per heavy atom. The first kappa shape index (κ1) is 12.9. The van der Waals surface area contributed by atoms with Gasteiger partial charge in [0.15, 0.2) is 5.82 Å². The largest absolute Gasteiger partial charge is 0.339 e. The summed E-state index contributed by atoms with van der Waals surface area (Å²) in [6.45, 7) is 1.02. The van der Waals surface area contributed by atoms with Gasteiger partial charge in [-0.3, -0.25) is 0 Å². The van der Waals surface area contributed by atoms with E-state index in [9.17, 15) is 0 Å². The van der Waals surface area contributed by atoms with E-state index in [0.29, 0.717) is 22.4 Å². The van der Waals surface area contributed by atoms with E-state index >= 15 is 0 Å². The first-order valence-electron chi connectivity index (χ1n) is 6.22. The van der Waals surface area contributed by atoms with Gasteiger partial charge in [-0.15, -0.1) is 0 Å². The molecular formula is C13H13Cl2N3O. The second-order valence-electron chi connectivity index (χ2n) is 4.62. The highest BCUT2D eigenvalue weighted by atomic mass is 35.5. The van der Waals surface area contributed by atoms with E-state index < -0.39 is 0 Å². The van der Waals surface area contributed by atoms with Gasteiger partial charge in [0.25, 0.3) is 0 Å². The van der Waals surface area contributed by atoms with Crippen LogP contribution < -0.4 is 5.32 Å². The van der Waals surface area contributed by atoms with Gasteiger partial charge in [0.1, 0.15) is 0 Å². The summed E-state index contributed by atoms with van der Waals surface area (Å²) in [5.74, 6) is 1.34. The zero-order chi connectivity index (χ0) is 13.2. The Bertz CT molecular complexity index is 579. The maximum Gasteiger partial charge on any atom is 0.231 e. The van der Waals surface area contributed by atoms with Gasteiger partial charge in [-0.2, -0.15) is 4.98 Å². The fourth-order valence-electron chi connectivity index (χ4n) is 2.21. The first-order chi connectivity index (χ1) is 9.22. The highest BCUT2D eigenvalue weighted by Gasteiger charge is 2.21. The van der Waals surface area contributed by atoms with Crippen LogP contribution >= 0.6 is 23.2 Å². The van der Waals surface area contributed by atoms with E-state index in [1.807, 2.05) is 12.1 Å². The highest BCUT2D eigenvalue weighted by molar-refractivity contribution is 6.42. The van der Waals surface area contributed by atoms with Crippen LogP contribution in [0, 0.1) is 0 Å². The maximum absolute atomic E-state index is 5.98. The van der Waals surface area contributed by atoms with Gasteiger partial charge in [-0.25, -0.2) is 0 Å². The number of aromatic nitrogens is 2. The molecule has 19 heavy (non-hydrogen) atoms. The third-order valence-corrected chi connectivity index (χ3v) is 3.93. The molecule has 1 unspecified atom stereocenters. The van der Waals surface area contributed by atoms with E-state index in [0.717, 1.165) is 30.8 Å². The molecule has 1 aromatic carbocycles. The van der Waals surface area contributed by atoms with Crippen LogP contribution in [0.4, 0.5) is 0 Å². The molecule has 1 fully saturated rings. The molecule has 1 aliphatic heterocycles. The molecule has 6 heteroatoms. The molecule has 1 aromatic heterocycles. The number of nitrogens with one attached hydrogen (secondary N) is 1. The summed E-state index contributed by atoms with van der Waals surface area (Å²) >= 11 is 11.9. The Morgan fingerprint density at radius 1 is 1.32 bits per heavy atom. The standard InChI is InChI=1S/C13H13Cl2N3O/c14-9-4-3-8(6-10(9)15)7-12-17-13(18-19-12)11-2-1-5-16-11/h3-4,6,11,16H,1-2,5,7H2. The van der Waals surface area contributed by atoms with E-state index in [2.05, 4.69) is 15.5 Å². The number of halogens is 2. The van der Waals surface area contributed by atoms with E-state index in [4.69, 9.17) is 27.7 Å². The van der Waals surface area contributed by atoms with Crippen molar-refractivity contribution in [1.29, 1.82) is 0 Å². The number of rotatable bonds is 3. The van der Waals surface area contributed by atoms with Gasteiger partial charge in [-0.05, 0) is 37.1 Å². The molecule has 1 atom stereocenters. The smallest absolute Gasteiger partial charge is 0.231 e. The Morgan fingerprint density at radius 2 is 2.21 bits per heavy atom. The van der Waals surface area contributed by atoms with Crippen molar-refractivity contribution < 1.29 is 4.52 Å². The molecule has 1 N–H and O–H groups in total. The monoisotopic (exact) mass is 297 g/mol. The predicted octanol–water partition coefficient (Wildman–Crippen LogP) is 3.39. The quantitative estimate of drug-likeness (QED) is 0.943. The number of benzene rings is 1. The topological polar surface area (TPSA) is 51.0 Å². The molecule has 100 valence electrons. The summed E-state index contributed by atoms with van der Waals surface area (Å²) in [5, 5.41) is 8.46. The first-order valence-corrected chi connectivity index (χ1v) is 6.98. The lowest BCUT2D eigenvalue weighted by molar-refractivity contribution is 0.373. The molecule has 1 aliphatic rings. The molecular weight excluding hydrogens is 285 g/mol. The van der Waals surface area contributed by atoms with Crippen LogP contribution in [-0.4, -0.2) is 16.7 Å². The minimum Gasteiger partial charge on any atom is -0.339 e. The summed E-state index contributed by atoms with van der Waals surface area (Å²) in [6, 6.07) is 5.73. The fraction of sp³-hybridized carbons (Fsp3) is 0.385. The average molecular weight is 298 g/mol. The lowest BCUT2D eigenvalue weighted by Crippen LogP contribution is -2.14. The summed E-state index contributed by atoms with van der Waals surface area (Å²) in [5.41, 5.74) is 1.00. The van der Waals surface area contributed by atoms with Gasteiger partial charge in [0.05, 0.1) is 22.5 Å². The van der Waals surface area contributed by atoms with Crippen molar-refractivity contribution in [2.45, 2.75) is 25.3 Å². The second-order valence-corrected chi connectivity index (χ2v) is 5.43. The van der Waals surface area contributed by atoms with Crippen molar-refractivity contribution in [2.24, 2.45) is 0 Å². The van der Waals surface area contributed by atoms with E-state index in [1.54, 1.807) is 6.07 Å². The number of hydrogen-bond acceptors (Lipinski definition) is 4. The van der Waals surface area contributed by atoms with Gasteiger partial charge in [0, 0.05) is 0 Å². The number of hydrogen-bond donors (Lipinski definition) is 1. The van der Waals surface area contributed by atoms with Gasteiger partial charge in [-0.1, -0.05) is 34.4 Å². The summed E-state index contributed by atoms with van der Waals surface area (Å²) in [6.07, 6.45) is 2.78. The molecule has 2 heterocycles. The van der Waals surface area contributed by atoms with Gasteiger partial charge >= 0.3 is 0 Å². The second kappa shape index (κ2) is 5.49. The molecule has 0 radical (unpaired) electrons. The molecule has 2 aromatic rings. The van der Waals surface area contributed by atoms with Crippen LogP contribution in [0.15, 0.2) is 22.7 Å². The predicted molar refractivity (Wildman–Crippen MR) is 73.5 cm³/mol. The molecule has 0 bridgehead atoms. The lowest BCUT2D eigenvalue weighted by Gasteiger charge is -2.02. The van der Waals surface area contributed by atoms with Crippen molar-refractivity contribution in [3.05, 3.63) is 45.5 Å². The maximum atomic E-state index is 5.98. The van der Waals surface area contributed by atoms with Crippen LogP contribution in [0.2, 0.25) is 10.0 Å². The minimum atomic E-state index is 0.228. The Balaban J connectivity index is 1.74. The van der Waals surface area contributed by atoms with E-state index in [-0.39, 0.29) is 6.04 Å². The number of nitrogens with zero attached hydrogens (tertiary/aromatic N) is 2. The van der Waals surface area contributed by atoms with Gasteiger partial charge in [0.2, 0.25) is 5.89 Å². The zero-order valence-corrected chi connectivity index (χ0v) is 11.7. The van der Waals surface area contributed by atoms with Crippen molar-refractivity contribution in [3.63, 3.8) is 0 Å². The van der Waals surface area contributed by atoms with E-state index in [1.165, 1.54) is 0 Å². The van der Waals surface area contributed by atoms with Crippen molar-refractivity contribution >= 4 is 23.2 Å². The molecule has 3 rings (SSSR count). The Labute approximate surface area is 121 Å². The third-order valence-electron chi connectivity index (χ3n) is 3.20. The summed E-state index contributed by atoms with van der Waals surface area (Å²) in [4.78, 5) is 4.42. The summed E-state index contributed by atoms with van der Waals surface area (Å²) in [7, 11) is 0. The lowest BCUT2D eigenvalue weighted by atomic mass is 10.1. The molecule has 1 saturated heterocycles. The summed E-state index contributed by atoms with van der Waals surface area (Å²) < 4.78 is 5.27. The normalized spacial score (nSPS) is 18.9. The molecule has 0 spiro atoms. The van der Waals surface area contributed by atoms with Crippen molar-refractivity contribution in [1.82, 2.24) is 15.5 Å². The van der Waals surface area contributed by atoms with Crippen LogP contribution in [0.5, 0.6) is 0 Å². The highest BCUT2D eigenvalue weighted by Crippen LogP contribution is 2.24. The van der Waals surface area contributed by atoms with Gasteiger partial charge < -0.3 is 9.84 Å². The molecule has 0 aliphatic carbocycles. The Kier molecular flexibility index (Phi) is 3.73. The molecule has 4 nitrogen and oxygen atoms in total. The Hall–Kier alpha value is -1.10. The van der Waals surface area contributed by atoms with Crippen LogP contribution in [-0.2, 0) is 6.42 Å². The molecule has 0 amide bonds. The van der Waals surface area contributed by atoms with Crippen molar-refractivity contribution in [3.8, 4) is 0 Å². The molecule has 0 saturated carbocycles. The van der Waals surface area contributed by atoms with Crippen LogP contribution in [0.1, 0.15) is 36.2 Å². The fourth-order valence-corrected chi connectivity index (χ4v) is 2.53. The minimum absolute atomic E-state index is 0.228. The SMILES string of the molecule is Clc1ccc(Cc2nc(C3CCCN3)no2)cc1Cl. The van der Waals surface area contributed by atoms with Crippen LogP contribution in [0.25, 0.3) is 0 Å². The zero-order valence-electron chi connectivity index (χ0n) is 10.2. The average Bonchev–Trinajstić information content (AvgIpc) is 3.04. The van der Waals surface area contributed by atoms with Crippen LogP contribution in [0.3, 0.4) is 0 Å². The van der Waals surface area contributed by atoms with Crippen molar-refractivity contribution in [2.75, 3.05) is 6.54 Å². The third kappa shape index (κ3) is 2.91.